The van der Waals surface area contributed by atoms with Gasteiger partial charge in [0.1, 0.15) is 30.4 Å². The van der Waals surface area contributed by atoms with Crippen LogP contribution in [0.15, 0.2) is 18.6 Å². The maximum atomic E-state index is 5.47. The van der Waals surface area contributed by atoms with Gasteiger partial charge in [-0.15, -0.1) is 0 Å². The summed E-state index contributed by atoms with van der Waals surface area (Å²) < 4.78 is 7.70. The Bertz CT molecular complexity index is 713. The summed E-state index contributed by atoms with van der Waals surface area (Å²) in [6.07, 6.45) is 6.03. The highest BCUT2D eigenvalue weighted by atomic mass is 16.5. The minimum absolute atomic E-state index is 0.458. The number of fused-ring (bicyclic) bond motifs is 1. The van der Waals surface area contributed by atoms with Crippen molar-refractivity contribution >= 4 is 11.6 Å². The van der Waals surface area contributed by atoms with E-state index in [-0.39, 0.29) is 0 Å². The number of anilines is 2. The number of imidazole rings is 1. The maximum Gasteiger partial charge on any atom is 0.135 e. The van der Waals surface area contributed by atoms with Crippen molar-refractivity contribution in [3.63, 3.8) is 0 Å². The highest BCUT2D eigenvalue weighted by Gasteiger charge is 2.21. The third-order valence-corrected chi connectivity index (χ3v) is 5.05. The van der Waals surface area contributed by atoms with E-state index in [1.807, 2.05) is 25.1 Å². The summed E-state index contributed by atoms with van der Waals surface area (Å²) >= 11 is 0. The fraction of sp³-hybridized carbons (Fsp3) is 0.611. The molecule has 2 aromatic heterocycles. The van der Waals surface area contributed by atoms with Gasteiger partial charge in [0, 0.05) is 58.6 Å². The zero-order valence-electron chi connectivity index (χ0n) is 15.6. The molecular formula is C18H27N7O. The van der Waals surface area contributed by atoms with Crippen LogP contribution in [0.4, 0.5) is 11.6 Å². The number of rotatable bonds is 5. The number of nitrogens with one attached hydrogen (secondary N) is 1. The van der Waals surface area contributed by atoms with Gasteiger partial charge in [0.05, 0.1) is 12.3 Å². The van der Waals surface area contributed by atoms with Gasteiger partial charge >= 0.3 is 0 Å². The van der Waals surface area contributed by atoms with E-state index in [1.165, 1.54) is 0 Å². The zero-order valence-corrected chi connectivity index (χ0v) is 15.6. The summed E-state index contributed by atoms with van der Waals surface area (Å²) in [6, 6.07) is 2.46. The molecule has 0 saturated carbocycles. The van der Waals surface area contributed by atoms with E-state index in [2.05, 4.69) is 30.9 Å². The van der Waals surface area contributed by atoms with Gasteiger partial charge in [-0.3, -0.25) is 4.90 Å². The Kier molecular flexibility index (Phi) is 5.03. The number of nitrogens with zero attached hydrogens (tertiary/aromatic N) is 6. The van der Waals surface area contributed by atoms with E-state index in [1.54, 1.807) is 6.33 Å². The van der Waals surface area contributed by atoms with Gasteiger partial charge in [0.25, 0.3) is 0 Å². The largest absolute Gasteiger partial charge is 0.372 e. The van der Waals surface area contributed by atoms with Crippen molar-refractivity contribution in [1.29, 1.82) is 0 Å². The minimum Gasteiger partial charge on any atom is -0.372 e. The molecule has 0 aromatic carbocycles. The molecule has 2 aliphatic heterocycles. The second-order valence-electron chi connectivity index (χ2n) is 7.25. The summed E-state index contributed by atoms with van der Waals surface area (Å²) in [5, 5.41) is 3.56. The van der Waals surface area contributed by atoms with Gasteiger partial charge in [-0.05, 0) is 12.8 Å². The third-order valence-electron chi connectivity index (χ3n) is 5.05. The Morgan fingerprint density at radius 1 is 1.23 bits per heavy atom. The molecule has 1 fully saturated rings. The van der Waals surface area contributed by atoms with Crippen LogP contribution >= 0.6 is 0 Å². The maximum absolute atomic E-state index is 5.47. The molecule has 8 heteroatoms. The van der Waals surface area contributed by atoms with Crippen LogP contribution in [0.1, 0.15) is 24.4 Å². The number of ether oxygens (including phenoxy) is 1. The normalized spacial score (nSPS) is 18.5. The molecule has 4 heterocycles. The molecule has 0 bridgehead atoms. The average molecular weight is 357 g/mol. The lowest BCUT2D eigenvalue weighted by Gasteiger charge is -2.32. The van der Waals surface area contributed by atoms with Crippen LogP contribution in [0.2, 0.25) is 0 Å². The number of hydrogen-bond acceptors (Lipinski definition) is 7. The SMILES string of the molecule is CN(C)c1cc(NC2CCN(Cc3cn4c(n3)COCC4)CC2)ncn1. The molecule has 0 aliphatic carbocycles. The zero-order chi connectivity index (χ0) is 17.9. The Hall–Kier alpha value is -2.19. The van der Waals surface area contributed by atoms with Gasteiger partial charge < -0.3 is 19.5 Å². The lowest BCUT2D eigenvalue weighted by atomic mass is 10.0. The molecule has 1 saturated heterocycles. The smallest absolute Gasteiger partial charge is 0.135 e. The Morgan fingerprint density at radius 3 is 2.85 bits per heavy atom. The molecule has 1 N–H and O–H groups in total. The van der Waals surface area contributed by atoms with E-state index in [0.29, 0.717) is 12.6 Å². The lowest BCUT2D eigenvalue weighted by Crippen LogP contribution is -2.38. The van der Waals surface area contributed by atoms with E-state index in [0.717, 1.165) is 68.8 Å². The van der Waals surface area contributed by atoms with Crippen molar-refractivity contribution in [1.82, 2.24) is 24.4 Å². The van der Waals surface area contributed by atoms with Crippen LogP contribution in [0.5, 0.6) is 0 Å². The predicted molar refractivity (Wildman–Crippen MR) is 100 cm³/mol. The Morgan fingerprint density at radius 2 is 2.08 bits per heavy atom. The summed E-state index contributed by atoms with van der Waals surface area (Å²) in [7, 11) is 3.98. The summed E-state index contributed by atoms with van der Waals surface area (Å²) in [5.74, 6) is 2.89. The second kappa shape index (κ2) is 7.59. The highest BCUT2D eigenvalue weighted by molar-refractivity contribution is 5.47. The van der Waals surface area contributed by atoms with Crippen molar-refractivity contribution in [3.8, 4) is 0 Å². The fourth-order valence-electron chi connectivity index (χ4n) is 3.57. The van der Waals surface area contributed by atoms with E-state index in [4.69, 9.17) is 9.72 Å². The average Bonchev–Trinajstić information content (AvgIpc) is 3.06. The van der Waals surface area contributed by atoms with Gasteiger partial charge in [-0.25, -0.2) is 15.0 Å². The van der Waals surface area contributed by atoms with Crippen LogP contribution in [-0.2, 0) is 24.4 Å². The first kappa shape index (κ1) is 17.2. The van der Waals surface area contributed by atoms with Crippen LogP contribution in [0.3, 0.4) is 0 Å². The number of likely N-dealkylation sites (tertiary alicyclic amines) is 1. The van der Waals surface area contributed by atoms with Crippen LogP contribution in [0.25, 0.3) is 0 Å². The van der Waals surface area contributed by atoms with Crippen LogP contribution in [0, 0.1) is 0 Å². The van der Waals surface area contributed by atoms with Crippen molar-refractivity contribution in [2.45, 2.75) is 38.6 Å². The molecule has 26 heavy (non-hydrogen) atoms. The van der Waals surface area contributed by atoms with Gasteiger partial charge in [-0.2, -0.15) is 0 Å². The fourth-order valence-corrected chi connectivity index (χ4v) is 3.57. The molecule has 2 aromatic rings. The molecule has 0 unspecified atom stereocenters. The highest BCUT2D eigenvalue weighted by Crippen LogP contribution is 2.19. The van der Waals surface area contributed by atoms with Gasteiger partial charge in [0.15, 0.2) is 0 Å². The molecule has 8 nitrogen and oxygen atoms in total. The molecule has 140 valence electrons. The topological polar surface area (TPSA) is 71.3 Å². The Labute approximate surface area is 154 Å². The van der Waals surface area contributed by atoms with E-state index >= 15 is 0 Å². The van der Waals surface area contributed by atoms with Crippen molar-refractivity contribution < 1.29 is 4.74 Å². The van der Waals surface area contributed by atoms with Crippen molar-refractivity contribution in [2.24, 2.45) is 0 Å². The standard InChI is InChI=1S/C18H27N7O/c1-23(2)17-9-16(19-13-20-17)21-14-3-5-24(6-4-14)10-15-11-25-7-8-26-12-18(25)22-15/h9,11,13-14H,3-8,10,12H2,1-2H3,(H,19,20,21). The van der Waals surface area contributed by atoms with Crippen molar-refractivity contribution in [3.05, 3.63) is 30.1 Å². The minimum atomic E-state index is 0.458. The van der Waals surface area contributed by atoms with Crippen LogP contribution < -0.4 is 10.2 Å². The molecule has 0 spiro atoms. The second-order valence-corrected chi connectivity index (χ2v) is 7.25. The van der Waals surface area contributed by atoms with Gasteiger partial charge in [0.2, 0.25) is 0 Å². The summed E-state index contributed by atoms with van der Waals surface area (Å²) in [5.41, 5.74) is 1.16. The first-order valence-corrected chi connectivity index (χ1v) is 9.28. The number of piperidine rings is 1. The summed E-state index contributed by atoms with van der Waals surface area (Å²) in [4.78, 5) is 17.8. The third kappa shape index (κ3) is 3.96. The molecule has 4 rings (SSSR count). The Balaban J connectivity index is 1.29. The van der Waals surface area contributed by atoms with E-state index < -0.39 is 0 Å². The lowest BCUT2D eigenvalue weighted by molar-refractivity contribution is 0.0816. The molecule has 2 aliphatic rings. The van der Waals surface area contributed by atoms with Crippen LogP contribution in [-0.4, -0.2) is 64.3 Å². The first-order valence-electron chi connectivity index (χ1n) is 9.28. The predicted octanol–water partition coefficient (Wildman–Crippen LogP) is 1.35. The van der Waals surface area contributed by atoms with Gasteiger partial charge in [-0.1, -0.05) is 0 Å². The number of hydrogen-bond donors (Lipinski definition) is 1. The molecule has 0 atom stereocenters. The molecular weight excluding hydrogens is 330 g/mol. The number of aromatic nitrogens is 4. The molecule has 0 amide bonds. The monoisotopic (exact) mass is 357 g/mol. The summed E-state index contributed by atoms with van der Waals surface area (Å²) in [6.45, 7) is 5.41. The van der Waals surface area contributed by atoms with E-state index in [9.17, 15) is 0 Å². The first-order chi connectivity index (χ1) is 12.7. The van der Waals surface area contributed by atoms with Crippen molar-refractivity contribution in [2.75, 3.05) is 44.0 Å². The molecule has 0 radical (unpaired) electrons. The quantitative estimate of drug-likeness (QED) is 0.866.